The number of carbonyl (C=O) groups excluding carboxylic acids is 1. The van der Waals surface area contributed by atoms with Crippen LogP contribution < -0.4 is 5.32 Å². The molecule has 5 nitrogen and oxygen atoms in total. The third-order valence-electron chi connectivity index (χ3n) is 3.53. The SMILES string of the molecule is CC(O)(CNC(=O)C=Cc1ccoc1)c1cc2ccccc2o1. The summed E-state index contributed by atoms with van der Waals surface area (Å²) >= 11 is 0. The number of carbonyl (C=O) groups is 1. The number of rotatable bonds is 5. The largest absolute Gasteiger partial charge is 0.472 e. The Morgan fingerprint density at radius 1 is 1.35 bits per heavy atom. The van der Waals surface area contributed by atoms with Crippen molar-refractivity contribution in [3.8, 4) is 0 Å². The second-order valence-corrected chi connectivity index (χ2v) is 5.53. The maximum Gasteiger partial charge on any atom is 0.244 e. The fourth-order valence-electron chi connectivity index (χ4n) is 2.19. The topological polar surface area (TPSA) is 75.6 Å². The van der Waals surface area contributed by atoms with Gasteiger partial charge in [-0.2, -0.15) is 0 Å². The normalized spacial score (nSPS) is 14.2. The number of fused-ring (bicyclic) bond motifs is 1. The molecule has 0 radical (unpaired) electrons. The zero-order valence-corrected chi connectivity index (χ0v) is 12.7. The molecule has 1 amide bonds. The lowest BCUT2D eigenvalue weighted by Gasteiger charge is -2.20. The van der Waals surface area contributed by atoms with E-state index >= 15 is 0 Å². The van der Waals surface area contributed by atoms with Crippen molar-refractivity contribution in [1.29, 1.82) is 0 Å². The first-order valence-corrected chi connectivity index (χ1v) is 7.24. The van der Waals surface area contributed by atoms with Crippen molar-refractivity contribution >= 4 is 23.0 Å². The Balaban J connectivity index is 1.65. The summed E-state index contributed by atoms with van der Waals surface area (Å²) in [5.74, 6) is 0.111. The first-order valence-electron chi connectivity index (χ1n) is 7.24. The van der Waals surface area contributed by atoms with E-state index in [1.165, 1.54) is 18.6 Å². The van der Waals surface area contributed by atoms with Crippen LogP contribution in [-0.2, 0) is 10.4 Å². The van der Waals surface area contributed by atoms with E-state index < -0.39 is 5.60 Å². The lowest BCUT2D eigenvalue weighted by atomic mass is 10.0. The summed E-state index contributed by atoms with van der Waals surface area (Å²) in [5.41, 5.74) is 0.205. The minimum absolute atomic E-state index is 0.0430. The molecule has 2 aromatic heterocycles. The standard InChI is InChI=1S/C18H17NO4/c1-18(21,16-10-14-4-2-3-5-15(14)23-16)12-19-17(20)7-6-13-8-9-22-11-13/h2-11,21H,12H2,1H3,(H,19,20). The zero-order chi connectivity index (χ0) is 16.3. The van der Waals surface area contributed by atoms with E-state index in [-0.39, 0.29) is 12.5 Å². The highest BCUT2D eigenvalue weighted by atomic mass is 16.4. The molecule has 0 fully saturated rings. The van der Waals surface area contributed by atoms with E-state index in [4.69, 9.17) is 8.83 Å². The molecule has 0 saturated heterocycles. The molecule has 0 aliphatic carbocycles. The Bertz CT molecular complexity index is 795. The number of hydrogen-bond donors (Lipinski definition) is 2. The predicted molar refractivity (Wildman–Crippen MR) is 86.5 cm³/mol. The summed E-state index contributed by atoms with van der Waals surface area (Å²) in [6, 6.07) is 11.0. The van der Waals surface area contributed by atoms with Gasteiger partial charge in [0.25, 0.3) is 0 Å². The fraction of sp³-hybridized carbons (Fsp3) is 0.167. The summed E-state index contributed by atoms with van der Waals surface area (Å²) in [4.78, 5) is 11.8. The highest BCUT2D eigenvalue weighted by Crippen LogP contribution is 2.27. The molecular weight excluding hydrogens is 294 g/mol. The Labute approximate surface area is 133 Å². The highest BCUT2D eigenvalue weighted by Gasteiger charge is 2.27. The van der Waals surface area contributed by atoms with Crippen molar-refractivity contribution in [3.05, 3.63) is 66.3 Å². The number of hydrogen-bond acceptors (Lipinski definition) is 4. The molecule has 2 N–H and O–H groups in total. The van der Waals surface area contributed by atoms with Crippen LogP contribution in [0.15, 0.2) is 63.8 Å². The number of aliphatic hydroxyl groups is 1. The number of benzene rings is 1. The average Bonchev–Trinajstić information content (AvgIpc) is 3.20. The van der Waals surface area contributed by atoms with Gasteiger partial charge in [-0.15, -0.1) is 0 Å². The van der Waals surface area contributed by atoms with Gasteiger partial charge in [-0.3, -0.25) is 4.79 Å². The zero-order valence-electron chi connectivity index (χ0n) is 12.7. The van der Waals surface area contributed by atoms with Gasteiger partial charge in [-0.1, -0.05) is 18.2 Å². The van der Waals surface area contributed by atoms with Crippen molar-refractivity contribution in [2.45, 2.75) is 12.5 Å². The lowest BCUT2D eigenvalue weighted by molar-refractivity contribution is -0.117. The third kappa shape index (κ3) is 3.52. The molecule has 5 heteroatoms. The van der Waals surface area contributed by atoms with Gasteiger partial charge in [0.2, 0.25) is 5.91 Å². The number of furan rings is 2. The summed E-state index contributed by atoms with van der Waals surface area (Å²) in [6.07, 6.45) is 6.09. The van der Waals surface area contributed by atoms with E-state index in [1.54, 1.807) is 25.1 Å². The molecular formula is C18H17NO4. The molecule has 1 aromatic carbocycles. The summed E-state index contributed by atoms with van der Waals surface area (Å²) in [5, 5.41) is 14.1. The predicted octanol–water partition coefficient (Wildman–Crippen LogP) is 3.06. The molecule has 0 bridgehead atoms. The second kappa shape index (κ2) is 6.14. The van der Waals surface area contributed by atoms with Crippen molar-refractivity contribution in [1.82, 2.24) is 5.32 Å². The monoisotopic (exact) mass is 311 g/mol. The number of nitrogens with one attached hydrogen (secondary N) is 1. The molecule has 0 spiro atoms. The van der Waals surface area contributed by atoms with E-state index in [0.717, 1.165) is 10.9 Å². The van der Waals surface area contributed by atoms with Gasteiger partial charge in [-0.05, 0) is 31.2 Å². The smallest absolute Gasteiger partial charge is 0.244 e. The van der Waals surface area contributed by atoms with Crippen LogP contribution in [0.3, 0.4) is 0 Å². The van der Waals surface area contributed by atoms with Crippen molar-refractivity contribution < 1.29 is 18.7 Å². The van der Waals surface area contributed by atoms with E-state index in [2.05, 4.69) is 5.32 Å². The first-order chi connectivity index (χ1) is 11.0. The number of amides is 1. The molecule has 2 heterocycles. The molecule has 23 heavy (non-hydrogen) atoms. The van der Waals surface area contributed by atoms with Crippen LogP contribution in [-0.4, -0.2) is 17.6 Å². The van der Waals surface area contributed by atoms with Crippen molar-refractivity contribution in [3.63, 3.8) is 0 Å². The molecule has 0 aliphatic heterocycles. The Hall–Kier alpha value is -2.79. The first kappa shape index (κ1) is 15.1. The molecule has 0 aliphatic rings. The average molecular weight is 311 g/mol. The Kier molecular flexibility index (Phi) is 4.04. The summed E-state index contributed by atoms with van der Waals surface area (Å²) in [6.45, 7) is 1.65. The third-order valence-corrected chi connectivity index (χ3v) is 3.53. The molecule has 1 atom stereocenters. The molecule has 3 aromatic rings. The van der Waals surface area contributed by atoms with Gasteiger partial charge in [0.1, 0.15) is 16.9 Å². The van der Waals surface area contributed by atoms with Crippen LogP contribution >= 0.6 is 0 Å². The van der Waals surface area contributed by atoms with Crippen LogP contribution in [0.1, 0.15) is 18.2 Å². The van der Waals surface area contributed by atoms with Crippen LogP contribution in [0.2, 0.25) is 0 Å². The van der Waals surface area contributed by atoms with E-state index in [1.807, 2.05) is 24.3 Å². The molecule has 118 valence electrons. The van der Waals surface area contributed by atoms with Crippen LogP contribution in [0.25, 0.3) is 17.0 Å². The van der Waals surface area contributed by atoms with Gasteiger partial charge >= 0.3 is 0 Å². The van der Waals surface area contributed by atoms with E-state index in [9.17, 15) is 9.90 Å². The van der Waals surface area contributed by atoms with Gasteiger partial charge in [-0.25, -0.2) is 0 Å². The number of para-hydroxylation sites is 1. The minimum atomic E-state index is -1.29. The van der Waals surface area contributed by atoms with Crippen molar-refractivity contribution in [2.24, 2.45) is 0 Å². The Morgan fingerprint density at radius 3 is 2.91 bits per heavy atom. The summed E-state index contributed by atoms with van der Waals surface area (Å²) in [7, 11) is 0. The Morgan fingerprint density at radius 2 is 2.17 bits per heavy atom. The summed E-state index contributed by atoms with van der Waals surface area (Å²) < 4.78 is 10.6. The highest BCUT2D eigenvalue weighted by molar-refractivity contribution is 5.91. The van der Waals surface area contributed by atoms with Crippen LogP contribution in [0, 0.1) is 0 Å². The molecule has 3 rings (SSSR count). The second-order valence-electron chi connectivity index (χ2n) is 5.53. The van der Waals surface area contributed by atoms with Gasteiger partial charge in [0.15, 0.2) is 0 Å². The van der Waals surface area contributed by atoms with Gasteiger partial charge < -0.3 is 19.3 Å². The maximum atomic E-state index is 11.8. The van der Waals surface area contributed by atoms with E-state index in [0.29, 0.717) is 11.3 Å². The van der Waals surface area contributed by atoms with Gasteiger partial charge in [0, 0.05) is 17.0 Å². The quantitative estimate of drug-likeness (QED) is 0.710. The van der Waals surface area contributed by atoms with Crippen LogP contribution in [0.5, 0.6) is 0 Å². The molecule has 1 unspecified atom stereocenters. The molecule has 0 saturated carbocycles. The lowest BCUT2D eigenvalue weighted by Crippen LogP contribution is -2.37. The van der Waals surface area contributed by atoms with Crippen molar-refractivity contribution in [2.75, 3.05) is 6.54 Å². The maximum absolute atomic E-state index is 11.8. The van der Waals surface area contributed by atoms with Gasteiger partial charge in [0.05, 0.1) is 19.1 Å². The minimum Gasteiger partial charge on any atom is -0.472 e. The van der Waals surface area contributed by atoms with Crippen LogP contribution in [0.4, 0.5) is 0 Å². The fourth-order valence-corrected chi connectivity index (χ4v) is 2.19.